The van der Waals surface area contributed by atoms with Gasteiger partial charge in [-0.05, 0) is 32.1 Å². The van der Waals surface area contributed by atoms with Gasteiger partial charge in [-0.25, -0.2) is 4.79 Å². The number of nitrogen functional groups attached to an aromatic ring is 1. The minimum atomic E-state index is -0.276. The summed E-state index contributed by atoms with van der Waals surface area (Å²) in [6.07, 6.45) is 0. The van der Waals surface area contributed by atoms with E-state index >= 15 is 0 Å². The predicted octanol–water partition coefficient (Wildman–Crippen LogP) is 1.21. The van der Waals surface area contributed by atoms with Crippen molar-refractivity contribution in [2.24, 2.45) is 0 Å². The lowest BCUT2D eigenvalue weighted by molar-refractivity contribution is 0.314. The Bertz CT molecular complexity index is 927. The number of fused-ring (bicyclic) bond motifs is 1. The summed E-state index contributed by atoms with van der Waals surface area (Å²) in [5, 5.41) is 0. The van der Waals surface area contributed by atoms with Gasteiger partial charge in [0.05, 0.1) is 13.2 Å². The number of rotatable bonds is 6. The molecule has 2 heterocycles. The molecule has 8 heteroatoms. The highest BCUT2D eigenvalue weighted by molar-refractivity contribution is 5.81. The van der Waals surface area contributed by atoms with Crippen LogP contribution in [0.15, 0.2) is 29.1 Å². The van der Waals surface area contributed by atoms with Crippen molar-refractivity contribution in [3.8, 4) is 6.01 Å². The minimum absolute atomic E-state index is 0.168. The van der Waals surface area contributed by atoms with E-state index in [1.807, 2.05) is 33.2 Å². The lowest BCUT2D eigenvalue weighted by atomic mass is 10.1. The summed E-state index contributed by atoms with van der Waals surface area (Å²) in [4.78, 5) is 25.5. The molecule has 0 spiro atoms. The molecule has 0 aliphatic carbocycles. The molecule has 0 fully saturated rings. The summed E-state index contributed by atoms with van der Waals surface area (Å²) in [7, 11) is 4.05. The number of H-pyrrole nitrogens is 1. The molecule has 0 saturated carbocycles. The lowest BCUT2D eigenvalue weighted by Crippen LogP contribution is -2.18. The fourth-order valence-electron chi connectivity index (χ4n) is 2.67. The molecule has 0 aliphatic rings. The van der Waals surface area contributed by atoms with Crippen LogP contribution in [0.2, 0.25) is 0 Å². The first-order valence-electron chi connectivity index (χ1n) is 8.09. The highest BCUT2D eigenvalue weighted by Crippen LogP contribution is 2.18. The second kappa shape index (κ2) is 6.94. The number of nitrogens with zero attached hydrogens (tertiary/aromatic N) is 4. The first-order valence-corrected chi connectivity index (χ1v) is 8.09. The zero-order valence-corrected chi connectivity index (χ0v) is 14.6. The fourth-order valence-corrected chi connectivity index (χ4v) is 2.67. The number of ether oxygens (including phenoxy) is 1. The quantitative estimate of drug-likeness (QED) is 0.698. The van der Waals surface area contributed by atoms with Gasteiger partial charge in [-0.2, -0.15) is 9.97 Å². The van der Waals surface area contributed by atoms with Crippen LogP contribution >= 0.6 is 0 Å². The number of aromatic nitrogens is 4. The average molecular weight is 342 g/mol. The number of nitrogens with one attached hydrogen (secondary N) is 1. The van der Waals surface area contributed by atoms with Gasteiger partial charge in [0.1, 0.15) is 5.52 Å². The van der Waals surface area contributed by atoms with Crippen LogP contribution in [0.25, 0.3) is 11.2 Å². The van der Waals surface area contributed by atoms with E-state index in [1.54, 1.807) is 0 Å². The van der Waals surface area contributed by atoms with E-state index in [1.165, 1.54) is 10.1 Å². The molecule has 132 valence electrons. The SMILES string of the molecule is CCOc1nc(N)c2[nH]c(=O)n(Cc3ccc(CN(C)C)cc3)c2n1. The Kier molecular flexibility index (Phi) is 4.71. The first kappa shape index (κ1) is 17.0. The van der Waals surface area contributed by atoms with Crippen LogP contribution in [0.5, 0.6) is 6.01 Å². The summed E-state index contributed by atoms with van der Waals surface area (Å²) in [5.41, 5.74) is 8.72. The number of hydrogen-bond acceptors (Lipinski definition) is 6. The number of hydrogen-bond donors (Lipinski definition) is 2. The van der Waals surface area contributed by atoms with E-state index in [9.17, 15) is 4.79 Å². The molecule has 25 heavy (non-hydrogen) atoms. The molecule has 1 aromatic carbocycles. The molecule has 0 atom stereocenters. The molecule has 0 radical (unpaired) electrons. The van der Waals surface area contributed by atoms with E-state index in [0.29, 0.717) is 24.3 Å². The Morgan fingerprint density at radius 3 is 2.52 bits per heavy atom. The highest BCUT2D eigenvalue weighted by Gasteiger charge is 2.14. The van der Waals surface area contributed by atoms with Crippen LogP contribution in [0.1, 0.15) is 18.1 Å². The third kappa shape index (κ3) is 3.63. The molecular weight excluding hydrogens is 320 g/mol. The summed E-state index contributed by atoms with van der Waals surface area (Å²) >= 11 is 0. The minimum Gasteiger partial charge on any atom is -0.464 e. The smallest absolute Gasteiger partial charge is 0.328 e. The van der Waals surface area contributed by atoms with Crippen molar-refractivity contribution in [1.29, 1.82) is 0 Å². The molecule has 2 aromatic heterocycles. The number of anilines is 1. The molecule has 0 aliphatic heterocycles. The van der Waals surface area contributed by atoms with Crippen molar-refractivity contribution in [2.75, 3.05) is 26.4 Å². The lowest BCUT2D eigenvalue weighted by Gasteiger charge is -2.10. The zero-order chi connectivity index (χ0) is 18.0. The van der Waals surface area contributed by atoms with Crippen LogP contribution in [-0.4, -0.2) is 45.1 Å². The fraction of sp³-hybridized carbons (Fsp3) is 0.353. The van der Waals surface area contributed by atoms with Crippen molar-refractivity contribution < 1.29 is 4.74 Å². The Morgan fingerprint density at radius 1 is 1.20 bits per heavy atom. The van der Waals surface area contributed by atoms with Gasteiger partial charge < -0.3 is 20.4 Å². The van der Waals surface area contributed by atoms with E-state index in [2.05, 4.69) is 32.0 Å². The third-order valence-corrected chi connectivity index (χ3v) is 3.77. The maximum absolute atomic E-state index is 12.3. The highest BCUT2D eigenvalue weighted by atomic mass is 16.5. The van der Waals surface area contributed by atoms with Gasteiger partial charge >= 0.3 is 11.7 Å². The molecule has 3 rings (SSSR count). The van der Waals surface area contributed by atoms with Crippen molar-refractivity contribution in [3.05, 3.63) is 45.9 Å². The number of benzene rings is 1. The zero-order valence-electron chi connectivity index (χ0n) is 14.6. The molecule has 8 nitrogen and oxygen atoms in total. The third-order valence-electron chi connectivity index (χ3n) is 3.77. The van der Waals surface area contributed by atoms with Crippen LogP contribution in [0.4, 0.5) is 5.82 Å². The number of nitrogens with two attached hydrogens (primary N) is 1. The van der Waals surface area contributed by atoms with Gasteiger partial charge in [0.15, 0.2) is 11.5 Å². The summed E-state index contributed by atoms with van der Waals surface area (Å²) in [5.74, 6) is 0.200. The van der Waals surface area contributed by atoms with Gasteiger partial charge in [-0.15, -0.1) is 0 Å². The monoisotopic (exact) mass is 342 g/mol. The summed E-state index contributed by atoms with van der Waals surface area (Å²) < 4.78 is 6.86. The van der Waals surface area contributed by atoms with Crippen LogP contribution in [0, 0.1) is 0 Å². The predicted molar refractivity (Wildman–Crippen MR) is 96.7 cm³/mol. The van der Waals surface area contributed by atoms with Crippen molar-refractivity contribution in [2.45, 2.75) is 20.0 Å². The Hall–Kier alpha value is -2.87. The van der Waals surface area contributed by atoms with E-state index in [-0.39, 0.29) is 17.5 Å². The number of imidazole rings is 1. The van der Waals surface area contributed by atoms with E-state index < -0.39 is 0 Å². The van der Waals surface area contributed by atoms with Crippen LogP contribution in [0.3, 0.4) is 0 Å². The largest absolute Gasteiger partial charge is 0.464 e. The maximum Gasteiger partial charge on any atom is 0.328 e. The molecule has 3 N–H and O–H groups in total. The van der Waals surface area contributed by atoms with E-state index in [0.717, 1.165) is 12.1 Å². The average Bonchev–Trinajstić information content (AvgIpc) is 2.86. The molecular formula is C17H22N6O2. The van der Waals surface area contributed by atoms with Gasteiger partial charge in [0.25, 0.3) is 0 Å². The standard InChI is InChI=1S/C17H22N6O2/c1-4-25-16-20-14(18)13-15(21-16)23(17(24)19-13)10-12-7-5-11(6-8-12)9-22(2)3/h5-8H,4,9-10H2,1-3H3,(H,19,24)(H2,18,20,21). The van der Waals surface area contributed by atoms with Gasteiger partial charge in [0.2, 0.25) is 0 Å². The Labute approximate surface area is 145 Å². The maximum atomic E-state index is 12.3. The van der Waals surface area contributed by atoms with Crippen LogP contribution in [-0.2, 0) is 13.1 Å². The van der Waals surface area contributed by atoms with Gasteiger partial charge in [0, 0.05) is 6.54 Å². The molecule has 0 amide bonds. The molecule has 0 unspecified atom stereocenters. The van der Waals surface area contributed by atoms with Gasteiger partial charge in [-0.3, -0.25) is 4.57 Å². The van der Waals surface area contributed by atoms with Crippen molar-refractivity contribution in [1.82, 2.24) is 24.4 Å². The Balaban J connectivity index is 1.95. The summed E-state index contributed by atoms with van der Waals surface area (Å²) in [6, 6.07) is 8.31. The second-order valence-electron chi connectivity index (χ2n) is 6.09. The first-order chi connectivity index (χ1) is 12.0. The number of aromatic amines is 1. The normalized spacial score (nSPS) is 11.4. The van der Waals surface area contributed by atoms with Crippen LogP contribution < -0.4 is 16.2 Å². The summed E-state index contributed by atoms with van der Waals surface area (Å²) in [6.45, 7) is 3.52. The van der Waals surface area contributed by atoms with E-state index in [4.69, 9.17) is 10.5 Å². The van der Waals surface area contributed by atoms with Crippen molar-refractivity contribution >= 4 is 17.0 Å². The van der Waals surface area contributed by atoms with Gasteiger partial charge in [-0.1, -0.05) is 24.3 Å². The van der Waals surface area contributed by atoms with Crippen molar-refractivity contribution in [3.63, 3.8) is 0 Å². The molecule has 0 saturated heterocycles. The second-order valence-corrected chi connectivity index (χ2v) is 6.09. The molecule has 3 aromatic rings. The molecule has 0 bridgehead atoms. The topological polar surface area (TPSA) is 102 Å². The Morgan fingerprint density at radius 2 is 1.88 bits per heavy atom.